The summed E-state index contributed by atoms with van der Waals surface area (Å²) in [6, 6.07) is 7.23. The van der Waals surface area contributed by atoms with Gasteiger partial charge in [-0.2, -0.15) is 0 Å². The van der Waals surface area contributed by atoms with E-state index in [1.54, 1.807) is 6.07 Å². The summed E-state index contributed by atoms with van der Waals surface area (Å²) in [6.07, 6.45) is 8.46. The number of aryl methyl sites for hydroxylation is 1. The van der Waals surface area contributed by atoms with Gasteiger partial charge in [-0.05, 0) is 66.5 Å². The van der Waals surface area contributed by atoms with Crippen LogP contribution in [0.1, 0.15) is 30.4 Å². The van der Waals surface area contributed by atoms with E-state index in [1.165, 1.54) is 18.4 Å². The Kier molecular flexibility index (Phi) is 3.56. The fourth-order valence-corrected chi connectivity index (χ4v) is 3.33. The molecule has 24 heavy (non-hydrogen) atoms. The largest absolute Gasteiger partial charge is 0.351 e. The molecular weight excluding hydrogens is 302 g/mol. The number of amides is 3. The number of nitrogens with zero attached hydrogens (tertiary/aromatic N) is 2. The van der Waals surface area contributed by atoms with Crippen molar-refractivity contribution in [3.05, 3.63) is 47.8 Å². The highest BCUT2D eigenvalue weighted by Gasteiger charge is 2.28. The molecule has 2 aromatic rings. The maximum Gasteiger partial charge on any atom is 0.326 e. The van der Waals surface area contributed by atoms with Gasteiger partial charge in [0, 0.05) is 24.4 Å². The summed E-state index contributed by atoms with van der Waals surface area (Å²) in [5.74, 6) is 0.580. The molecule has 1 aromatic carbocycles. The zero-order chi connectivity index (χ0) is 16.7. The summed E-state index contributed by atoms with van der Waals surface area (Å²) in [6.45, 7) is 0. The molecule has 2 heterocycles. The first-order valence-electron chi connectivity index (χ1n) is 8.31. The lowest BCUT2D eigenvalue weighted by Crippen LogP contribution is -2.43. The third-order valence-corrected chi connectivity index (χ3v) is 4.75. The van der Waals surface area contributed by atoms with Crippen LogP contribution < -0.4 is 10.6 Å². The van der Waals surface area contributed by atoms with Gasteiger partial charge in [-0.3, -0.25) is 9.78 Å². The van der Waals surface area contributed by atoms with E-state index in [1.807, 2.05) is 24.5 Å². The molecule has 1 aliphatic heterocycles. The van der Waals surface area contributed by atoms with Crippen LogP contribution in [0.4, 0.5) is 10.5 Å². The SMILES string of the molecule is NC(=O)N1C(=O)CCc2cc(-c3cncc(CC4CC4)c3)ccc21. The minimum absolute atomic E-state index is 0.240. The lowest BCUT2D eigenvalue weighted by molar-refractivity contribution is -0.118. The normalized spacial score (nSPS) is 16.8. The van der Waals surface area contributed by atoms with E-state index < -0.39 is 6.03 Å². The second-order valence-electron chi connectivity index (χ2n) is 6.64. The zero-order valence-electron chi connectivity index (χ0n) is 13.4. The molecule has 2 aliphatic rings. The molecule has 0 bridgehead atoms. The third-order valence-electron chi connectivity index (χ3n) is 4.75. The van der Waals surface area contributed by atoms with E-state index in [0.717, 1.165) is 33.9 Å². The van der Waals surface area contributed by atoms with Crippen molar-refractivity contribution in [2.45, 2.75) is 32.1 Å². The number of rotatable bonds is 3. The Balaban J connectivity index is 1.68. The van der Waals surface area contributed by atoms with Gasteiger partial charge in [0.1, 0.15) is 0 Å². The maximum absolute atomic E-state index is 11.9. The van der Waals surface area contributed by atoms with Crippen LogP contribution in [0.3, 0.4) is 0 Å². The number of urea groups is 1. The molecule has 2 N–H and O–H groups in total. The van der Waals surface area contributed by atoms with Gasteiger partial charge < -0.3 is 5.73 Å². The Morgan fingerprint density at radius 3 is 2.75 bits per heavy atom. The first-order chi connectivity index (χ1) is 11.6. The first-order valence-corrected chi connectivity index (χ1v) is 8.31. The monoisotopic (exact) mass is 321 g/mol. The number of nitrogens with two attached hydrogens (primary N) is 1. The van der Waals surface area contributed by atoms with Crippen LogP contribution in [0.5, 0.6) is 0 Å². The summed E-state index contributed by atoms with van der Waals surface area (Å²) < 4.78 is 0. The topological polar surface area (TPSA) is 76.3 Å². The van der Waals surface area contributed by atoms with E-state index in [4.69, 9.17) is 5.73 Å². The highest BCUT2D eigenvalue weighted by molar-refractivity contribution is 6.15. The number of carbonyl (C=O) groups is 2. The molecule has 5 heteroatoms. The third kappa shape index (κ3) is 2.77. The predicted molar refractivity (Wildman–Crippen MR) is 91.5 cm³/mol. The molecule has 0 unspecified atom stereocenters. The van der Waals surface area contributed by atoms with Crippen LogP contribution >= 0.6 is 0 Å². The number of carbonyl (C=O) groups excluding carboxylic acids is 2. The van der Waals surface area contributed by atoms with Gasteiger partial charge in [-0.15, -0.1) is 0 Å². The quantitative estimate of drug-likeness (QED) is 0.944. The maximum atomic E-state index is 11.9. The Morgan fingerprint density at radius 2 is 2.00 bits per heavy atom. The summed E-state index contributed by atoms with van der Waals surface area (Å²) in [7, 11) is 0. The summed E-state index contributed by atoms with van der Waals surface area (Å²) in [4.78, 5) is 28.9. The molecule has 0 spiro atoms. The molecular formula is C19H19N3O2. The number of benzene rings is 1. The molecule has 1 aliphatic carbocycles. The Bertz CT molecular complexity index is 827. The average Bonchev–Trinajstić information content (AvgIpc) is 3.38. The van der Waals surface area contributed by atoms with Gasteiger partial charge in [-0.1, -0.05) is 6.07 Å². The summed E-state index contributed by atoms with van der Waals surface area (Å²) in [5, 5.41) is 0. The van der Waals surface area contributed by atoms with Crippen molar-refractivity contribution >= 4 is 17.6 Å². The number of hydrogen-bond acceptors (Lipinski definition) is 3. The molecule has 1 saturated carbocycles. The minimum Gasteiger partial charge on any atom is -0.351 e. The van der Waals surface area contributed by atoms with E-state index >= 15 is 0 Å². The Morgan fingerprint density at radius 1 is 1.17 bits per heavy atom. The van der Waals surface area contributed by atoms with Crippen molar-refractivity contribution in [1.29, 1.82) is 0 Å². The zero-order valence-corrected chi connectivity index (χ0v) is 13.4. The second kappa shape index (κ2) is 5.74. The van der Waals surface area contributed by atoms with Crippen molar-refractivity contribution < 1.29 is 9.59 Å². The number of fused-ring (bicyclic) bond motifs is 1. The van der Waals surface area contributed by atoms with Gasteiger partial charge in [0.2, 0.25) is 5.91 Å². The van der Waals surface area contributed by atoms with Crippen molar-refractivity contribution in [1.82, 2.24) is 4.98 Å². The molecule has 1 aromatic heterocycles. The Hall–Kier alpha value is -2.69. The summed E-state index contributed by atoms with van der Waals surface area (Å²) in [5.41, 5.74) is 10.3. The molecule has 122 valence electrons. The number of hydrogen-bond donors (Lipinski definition) is 1. The van der Waals surface area contributed by atoms with E-state index in [0.29, 0.717) is 18.5 Å². The number of anilines is 1. The molecule has 3 amide bonds. The van der Waals surface area contributed by atoms with E-state index in [2.05, 4.69) is 11.1 Å². The van der Waals surface area contributed by atoms with Crippen LogP contribution in [0.2, 0.25) is 0 Å². The second-order valence-corrected chi connectivity index (χ2v) is 6.64. The van der Waals surface area contributed by atoms with Crippen molar-refractivity contribution in [2.75, 3.05) is 4.90 Å². The number of aromatic nitrogens is 1. The number of imide groups is 1. The van der Waals surface area contributed by atoms with Gasteiger partial charge >= 0.3 is 6.03 Å². The van der Waals surface area contributed by atoms with Crippen LogP contribution in [0, 0.1) is 5.92 Å². The minimum atomic E-state index is -0.721. The van der Waals surface area contributed by atoms with Crippen molar-refractivity contribution in [2.24, 2.45) is 11.7 Å². The fraction of sp³-hybridized carbons (Fsp3) is 0.316. The van der Waals surface area contributed by atoms with Crippen LogP contribution in [0.25, 0.3) is 11.1 Å². The molecule has 1 fully saturated rings. The molecule has 4 rings (SSSR count). The smallest absolute Gasteiger partial charge is 0.326 e. The number of primary amides is 1. The first kappa shape index (κ1) is 14.9. The van der Waals surface area contributed by atoms with Gasteiger partial charge in [0.25, 0.3) is 0 Å². The molecule has 0 atom stereocenters. The predicted octanol–water partition coefficient (Wildman–Crippen LogP) is 3.06. The lowest BCUT2D eigenvalue weighted by atomic mass is 9.96. The average molecular weight is 321 g/mol. The van der Waals surface area contributed by atoms with Gasteiger partial charge in [-0.25, -0.2) is 9.69 Å². The summed E-state index contributed by atoms with van der Waals surface area (Å²) >= 11 is 0. The van der Waals surface area contributed by atoms with Crippen LogP contribution in [-0.2, 0) is 17.6 Å². The number of pyridine rings is 1. The Labute approximate surface area is 140 Å². The van der Waals surface area contributed by atoms with Crippen molar-refractivity contribution in [3.8, 4) is 11.1 Å². The van der Waals surface area contributed by atoms with E-state index in [9.17, 15) is 9.59 Å². The van der Waals surface area contributed by atoms with Crippen molar-refractivity contribution in [3.63, 3.8) is 0 Å². The standard InChI is InChI=1S/C19H19N3O2/c20-19(24)22-17-5-3-14(9-15(17)4-6-18(22)23)16-8-13(10-21-11-16)7-12-1-2-12/h3,5,8-12H,1-2,4,6-7H2,(H2,20,24). The highest BCUT2D eigenvalue weighted by Crippen LogP contribution is 2.34. The lowest BCUT2D eigenvalue weighted by Gasteiger charge is -2.26. The van der Waals surface area contributed by atoms with Crippen LogP contribution in [-0.4, -0.2) is 16.9 Å². The molecule has 0 radical (unpaired) electrons. The highest BCUT2D eigenvalue weighted by atomic mass is 16.2. The van der Waals surface area contributed by atoms with Gasteiger partial charge in [0.05, 0.1) is 5.69 Å². The van der Waals surface area contributed by atoms with Gasteiger partial charge in [0.15, 0.2) is 0 Å². The molecule has 0 saturated heterocycles. The van der Waals surface area contributed by atoms with Crippen LogP contribution in [0.15, 0.2) is 36.7 Å². The fourth-order valence-electron chi connectivity index (χ4n) is 3.33. The van der Waals surface area contributed by atoms with E-state index in [-0.39, 0.29) is 5.91 Å². The molecule has 5 nitrogen and oxygen atoms in total.